The summed E-state index contributed by atoms with van der Waals surface area (Å²) >= 11 is 0. The molecule has 0 saturated heterocycles. The minimum Gasteiger partial charge on any atom is -0.454 e. The summed E-state index contributed by atoms with van der Waals surface area (Å²) in [6.07, 6.45) is 3.33. The van der Waals surface area contributed by atoms with Gasteiger partial charge in [-0.1, -0.05) is 97.3 Å². The van der Waals surface area contributed by atoms with Crippen LogP contribution in [0, 0.1) is 31.1 Å². The Morgan fingerprint density at radius 1 is 0.725 bits per heavy atom. The maximum absolute atomic E-state index is 13.6. The van der Waals surface area contributed by atoms with Crippen LogP contribution in [0.2, 0.25) is 0 Å². The molecule has 0 bridgehead atoms. The lowest BCUT2D eigenvalue weighted by Gasteiger charge is -2.55. The summed E-state index contributed by atoms with van der Waals surface area (Å²) in [5.74, 6) is -1.14. The number of esters is 2. The van der Waals surface area contributed by atoms with Gasteiger partial charge in [0.05, 0.1) is 11.1 Å². The number of aryl methyl sites for hydroxylation is 2. The van der Waals surface area contributed by atoms with Gasteiger partial charge >= 0.3 is 11.9 Å². The number of carbonyl (C=O) groups is 2. The zero-order chi connectivity index (χ0) is 28.6. The Kier molecular flexibility index (Phi) is 7.55. The monoisotopic (exact) mass is 534 g/mol. The molecule has 206 valence electrons. The van der Waals surface area contributed by atoms with Gasteiger partial charge < -0.3 is 9.47 Å². The highest BCUT2D eigenvalue weighted by Gasteiger charge is 2.58. The lowest BCUT2D eigenvalue weighted by Crippen LogP contribution is -2.58. The van der Waals surface area contributed by atoms with Crippen LogP contribution in [-0.2, 0) is 9.47 Å². The maximum atomic E-state index is 13.6. The van der Waals surface area contributed by atoms with Crippen LogP contribution in [0.15, 0.2) is 102 Å². The van der Waals surface area contributed by atoms with E-state index in [1.54, 1.807) is 24.3 Å². The summed E-state index contributed by atoms with van der Waals surface area (Å²) in [5.41, 5.74) is 6.44. The molecule has 6 unspecified atom stereocenters. The van der Waals surface area contributed by atoms with Gasteiger partial charge in [0.25, 0.3) is 0 Å². The van der Waals surface area contributed by atoms with E-state index in [4.69, 9.17) is 9.47 Å². The highest BCUT2D eigenvalue weighted by atomic mass is 16.6. The van der Waals surface area contributed by atoms with E-state index in [1.165, 1.54) is 11.1 Å². The predicted molar refractivity (Wildman–Crippen MR) is 158 cm³/mol. The molecule has 3 aromatic rings. The molecule has 0 spiro atoms. The summed E-state index contributed by atoms with van der Waals surface area (Å²) in [6.45, 7) is 12.8. The van der Waals surface area contributed by atoms with Crippen molar-refractivity contribution in [1.82, 2.24) is 0 Å². The summed E-state index contributed by atoms with van der Waals surface area (Å²) in [5, 5.41) is 0. The second-order valence-electron chi connectivity index (χ2n) is 11.7. The van der Waals surface area contributed by atoms with E-state index in [9.17, 15) is 9.59 Å². The Morgan fingerprint density at radius 3 is 1.85 bits per heavy atom. The van der Waals surface area contributed by atoms with Crippen LogP contribution in [0.1, 0.15) is 71.0 Å². The molecule has 4 nitrogen and oxygen atoms in total. The molecule has 5 rings (SSSR count). The summed E-state index contributed by atoms with van der Waals surface area (Å²) in [6, 6.07) is 24.5. The molecule has 1 fully saturated rings. The number of allylic oxidation sites excluding steroid dienone is 4. The average molecular weight is 535 g/mol. The number of fused-ring (bicyclic) bond motifs is 1. The average Bonchev–Trinajstić information content (AvgIpc) is 2.95. The van der Waals surface area contributed by atoms with Crippen molar-refractivity contribution in [3.63, 3.8) is 0 Å². The molecule has 0 aromatic heterocycles. The first-order valence-corrected chi connectivity index (χ1v) is 14.1. The Bertz CT molecular complexity index is 1470. The van der Waals surface area contributed by atoms with Crippen LogP contribution in [0.25, 0.3) is 0 Å². The van der Waals surface area contributed by atoms with Gasteiger partial charge in [0.1, 0.15) is 12.2 Å². The number of hydrogen-bond donors (Lipinski definition) is 0. The van der Waals surface area contributed by atoms with E-state index in [2.05, 4.69) is 71.9 Å². The zero-order valence-electron chi connectivity index (χ0n) is 24.2. The van der Waals surface area contributed by atoms with Gasteiger partial charge in [-0.05, 0) is 74.4 Å². The van der Waals surface area contributed by atoms with E-state index in [0.29, 0.717) is 11.1 Å². The van der Waals surface area contributed by atoms with Crippen LogP contribution in [0.4, 0.5) is 0 Å². The molecule has 2 aliphatic rings. The summed E-state index contributed by atoms with van der Waals surface area (Å²) in [4.78, 5) is 27.1. The first-order valence-electron chi connectivity index (χ1n) is 14.1. The number of hydrogen-bond acceptors (Lipinski definition) is 4. The van der Waals surface area contributed by atoms with Gasteiger partial charge in [-0.15, -0.1) is 0 Å². The van der Waals surface area contributed by atoms with Crippen LogP contribution in [0.5, 0.6) is 0 Å². The van der Waals surface area contributed by atoms with Crippen molar-refractivity contribution in [1.29, 1.82) is 0 Å². The second kappa shape index (κ2) is 10.9. The quantitative estimate of drug-likeness (QED) is 0.311. The smallest absolute Gasteiger partial charge is 0.338 e. The van der Waals surface area contributed by atoms with E-state index in [-0.39, 0.29) is 23.2 Å². The van der Waals surface area contributed by atoms with Gasteiger partial charge in [0, 0.05) is 11.8 Å². The molecule has 0 heterocycles. The molecule has 40 heavy (non-hydrogen) atoms. The first kappa shape index (κ1) is 27.6. The van der Waals surface area contributed by atoms with Gasteiger partial charge in [-0.3, -0.25) is 0 Å². The molecular formula is C36H38O4. The number of benzene rings is 3. The third-order valence-corrected chi connectivity index (χ3v) is 9.13. The fraction of sp³-hybridized carbons (Fsp3) is 0.333. The summed E-state index contributed by atoms with van der Waals surface area (Å²) < 4.78 is 12.8. The minimum atomic E-state index is -0.690. The van der Waals surface area contributed by atoms with Crippen molar-refractivity contribution >= 4 is 11.9 Å². The normalized spacial score (nSPS) is 27.6. The maximum Gasteiger partial charge on any atom is 0.338 e. The fourth-order valence-electron chi connectivity index (χ4n) is 6.56. The van der Waals surface area contributed by atoms with Crippen molar-refractivity contribution in [2.45, 2.75) is 59.7 Å². The lowest BCUT2D eigenvalue weighted by atomic mass is 9.52. The third kappa shape index (κ3) is 5.03. The largest absolute Gasteiger partial charge is 0.454 e. The Morgan fingerprint density at radius 2 is 1.27 bits per heavy atom. The molecule has 2 aliphatic carbocycles. The van der Waals surface area contributed by atoms with E-state index >= 15 is 0 Å². The molecule has 0 aliphatic heterocycles. The van der Waals surface area contributed by atoms with Crippen molar-refractivity contribution in [3.05, 3.63) is 130 Å². The highest BCUT2D eigenvalue weighted by molar-refractivity contribution is 5.90. The molecule has 6 atom stereocenters. The Hall–Kier alpha value is -3.92. The minimum absolute atomic E-state index is 0.0342. The highest BCUT2D eigenvalue weighted by Crippen LogP contribution is 2.58. The molecule has 3 aromatic carbocycles. The second-order valence-corrected chi connectivity index (χ2v) is 11.7. The topological polar surface area (TPSA) is 52.6 Å². The number of rotatable bonds is 5. The van der Waals surface area contributed by atoms with Crippen molar-refractivity contribution < 1.29 is 19.1 Å². The van der Waals surface area contributed by atoms with Crippen LogP contribution in [-0.4, -0.2) is 24.1 Å². The molecule has 1 saturated carbocycles. The molecule has 0 N–H and O–H groups in total. The number of ether oxygens (including phenoxy) is 2. The van der Waals surface area contributed by atoms with E-state index in [1.807, 2.05) is 36.4 Å². The third-order valence-electron chi connectivity index (χ3n) is 9.13. The van der Waals surface area contributed by atoms with E-state index in [0.717, 1.165) is 16.7 Å². The standard InChI is InChI=1S/C36H38O4/c1-22-17-18-23(2)29(19-22)31-30-20-24(3)25(4)21-36(30,6)26(5)32(39-34(37)27-13-9-7-10-14-27)33(31)40-35(38)28-15-11-8-12-16-28/h7-21,26,30-33H,1-6H3. The summed E-state index contributed by atoms with van der Waals surface area (Å²) in [7, 11) is 0. The molecule has 0 radical (unpaired) electrons. The SMILES string of the molecule is CC1=CC2C(c3cc(C)ccc3C)C(OC(=O)c3ccccc3)C(OC(=O)c3ccccc3)C(C)C2(C)C=C1C. The predicted octanol–water partition coefficient (Wildman–Crippen LogP) is 8.02. The molecular weight excluding hydrogens is 496 g/mol. The van der Waals surface area contributed by atoms with Crippen LogP contribution in [0.3, 0.4) is 0 Å². The van der Waals surface area contributed by atoms with Crippen molar-refractivity contribution in [2.24, 2.45) is 17.3 Å². The fourth-order valence-corrected chi connectivity index (χ4v) is 6.56. The first-order chi connectivity index (χ1) is 19.1. The Labute approximate surface area is 237 Å². The van der Waals surface area contributed by atoms with Gasteiger partial charge in [-0.2, -0.15) is 0 Å². The number of carbonyl (C=O) groups excluding carboxylic acids is 2. The van der Waals surface area contributed by atoms with Gasteiger partial charge in [0.15, 0.2) is 0 Å². The Balaban J connectivity index is 1.68. The van der Waals surface area contributed by atoms with Crippen LogP contribution < -0.4 is 0 Å². The van der Waals surface area contributed by atoms with Crippen molar-refractivity contribution in [2.75, 3.05) is 0 Å². The van der Waals surface area contributed by atoms with Gasteiger partial charge in [-0.25, -0.2) is 9.59 Å². The van der Waals surface area contributed by atoms with Crippen LogP contribution >= 0.6 is 0 Å². The lowest BCUT2D eigenvalue weighted by molar-refractivity contribution is -0.122. The molecule has 0 amide bonds. The van der Waals surface area contributed by atoms with Gasteiger partial charge in [0.2, 0.25) is 0 Å². The van der Waals surface area contributed by atoms with Crippen molar-refractivity contribution in [3.8, 4) is 0 Å². The zero-order valence-corrected chi connectivity index (χ0v) is 24.2. The van der Waals surface area contributed by atoms with E-state index < -0.39 is 24.1 Å². The molecule has 4 heteroatoms.